The molecule has 0 saturated carbocycles. The van der Waals surface area contributed by atoms with E-state index in [0.29, 0.717) is 110 Å². The van der Waals surface area contributed by atoms with Crippen LogP contribution in [0, 0.1) is 47.4 Å². The maximum atomic E-state index is 13.0. The van der Waals surface area contributed by atoms with Gasteiger partial charge in [-0.15, -0.1) is 0 Å². The lowest BCUT2D eigenvalue weighted by Gasteiger charge is -2.26. The van der Waals surface area contributed by atoms with Gasteiger partial charge in [0, 0.05) is 91.0 Å². The zero-order valence-electron chi connectivity index (χ0n) is 68.8. The molecule has 0 aliphatic carbocycles. The molecule has 128 heavy (non-hydrogen) atoms. The summed E-state index contributed by atoms with van der Waals surface area (Å²) in [5, 5.41) is 27.4. The van der Waals surface area contributed by atoms with Crippen molar-refractivity contribution in [1.29, 1.82) is 0 Å². The molecule has 36 nitrogen and oxygen atoms in total. The molecule has 4 aromatic heterocycles. The second kappa shape index (κ2) is 34.7. The monoisotopic (exact) mass is 1780 g/mol. The first kappa shape index (κ1) is 85.2. The number of nitrogens with zero attached hydrogens (tertiary/aromatic N) is 8. The van der Waals surface area contributed by atoms with Crippen LogP contribution in [0.4, 0.5) is 34.6 Å². The highest BCUT2D eigenvalue weighted by molar-refractivity contribution is 7.23. The van der Waals surface area contributed by atoms with Gasteiger partial charge in [-0.2, -0.15) is 0 Å². The zero-order chi connectivity index (χ0) is 90.1. The van der Waals surface area contributed by atoms with E-state index in [2.05, 4.69) is 120 Å². The largest absolute Gasteiger partial charge is 0.497 e. The van der Waals surface area contributed by atoms with Gasteiger partial charge in [0.05, 0.1) is 98.6 Å². The molecule has 12 N–H and O–H groups in total. The highest BCUT2D eigenvalue weighted by Gasteiger charge is 2.53. The average Bonchev–Trinajstić information content (AvgIpc) is 1.62. The van der Waals surface area contributed by atoms with Gasteiger partial charge in [-0.3, -0.25) is 64.6 Å². The Kier molecular flexibility index (Phi) is 23.1. The van der Waals surface area contributed by atoms with Crippen LogP contribution in [0.1, 0.15) is 85.9 Å². The smallest absolute Gasteiger partial charge is 0.323 e. The summed E-state index contributed by atoms with van der Waals surface area (Å²) in [5.41, 5.74) is 9.55. The van der Waals surface area contributed by atoms with Crippen molar-refractivity contribution in [3.05, 3.63) is 213 Å². The molecule has 19 rings (SSSR count). The number of fused-ring (bicyclic) bond motifs is 7. The van der Waals surface area contributed by atoms with Gasteiger partial charge in [-0.1, -0.05) is 112 Å². The summed E-state index contributed by atoms with van der Waals surface area (Å²) in [5.74, 6) is 22.8. The number of rotatable bonds is 15. The maximum absolute atomic E-state index is 13.0. The zero-order valence-corrected chi connectivity index (χ0v) is 71.3. The normalized spacial score (nSPS) is 19.3. The molecular weight excluding hydrogens is 1700 g/mol. The number of imide groups is 4. The van der Waals surface area contributed by atoms with Gasteiger partial charge < -0.3 is 80.9 Å². The first-order valence-corrected chi connectivity index (χ1v) is 41.4. The summed E-state index contributed by atoms with van der Waals surface area (Å²) in [6.07, 6.45) is 3.04. The predicted molar refractivity (Wildman–Crippen MR) is 469 cm³/mol. The number of nitrogens with one attached hydrogen (secondary N) is 10. The fourth-order valence-electron chi connectivity index (χ4n) is 15.0. The van der Waals surface area contributed by atoms with Gasteiger partial charge >= 0.3 is 24.1 Å². The number of hydrogen-bond acceptors (Lipinski definition) is 27. The van der Waals surface area contributed by atoms with E-state index in [9.17, 15) is 57.5 Å². The molecule has 8 aliphatic heterocycles. The summed E-state index contributed by atoms with van der Waals surface area (Å²) in [6.45, 7) is 0.837. The Hall–Kier alpha value is -16.4. The molecule has 0 spiro atoms. The topological polar surface area (TPSA) is 462 Å². The Morgan fingerprint density at radius 3 is 1.16 bits per heavy atom. The fraction of sp³-hybridized carbons (Fsp3) is 0.213. The number of urea groups is 4. The van der Waals surface area contributed by atoms with E-state index in [1.807, 2.05) is 54.6 Å². The minimum atomic E-state index is -1.58. The van der Waals surface area contributed by atoms with Crippen molar-refractivity contribution in [1.82, 2.24) is 82.1 Å². The third-order valence-electron chi connectivity index (χ3n) is 21.5. The lowest BCUT2D eigenvalue weighted by Crippen LogP contribution is -2.54. The number of benzene rings is 7. The Morgan fingerprint density at radius 2 is 0.766 bits per heavy atom. The third-order valence-corrected chi connectivity index (χ3v) is 24.5. The molecule has 7 aromatic carbocycles. The molecule has 4 fully saturated rings. The molecule has 0 radical (unpaired) electrons. The average molecular weight is 1780 g/mol. The second-order valence-electron chi connectivity index (χ2n) is 29.7. The first-order chi connectivity index (χ1) is 61.6. The van der Waals surface area contributed by atoms with Crippen molar-refractivity contribution in [2.75, 3.05) is 92.2 Å². The van der Waals surface area contributed by atoms with Crippen molar-refractivity contribution in [3.63, 3.8) is 0 Å². The number of nitrogen functional groups attached to an aromatic ring is 1. The SMILES string of the molecule is CNc1nc2ccc(C#C[C@]3(CN4Cc5ccc(OC)cc5C4=O)NC(=O)NC3=O)cc2s1.CNc1nc2cccc(C#C[C@]3(CN4Cc5ccc(OC)cc5C4=O)NC(=O)NC3=O)c2s1.COc1ccc2c(c1)C(=O)N(C[C@@]1(C#Cc3ccc4sc(N)nc4c3)NC(=O)NC1=O)C2.COc1cncc(C#C[C@]2(CN3Cc4ccc(OC)cc4C3=O)NC(=O)NC2=O)c1. The predicted octanol–water partition coefficient (Wildman–Crippen LogP) is 6.02. The van der Waals surface area contributed by atoms with Crippen LogP contribution in [0.15, 0.2) is 146 Å². The Morgan fingerprint density at radius 1 is 0.383 bits per heavy atom. The number of hydrogen-bond donors (Lipinski definition) is 11. The number of carbonyl (C=O) groups is 12. The van der Waals surface area contributed by atoms with Gasteiger partial charge in [0.2, 0.25) is 22.2 Å². The standard InChI is InChI=1S/2C23H19N5O4S.C22H17N5O4S.C21H18N4O5/c1-24-22-25-17-6-3-13(9-18(17)33-22)7-8-23(20(30)26-21(31)27-23)12-28-11-14-4-5-15(32-2)10-16(14)19(28)29;1-24-22-25-17-5-3-4-13(18(17)33-22)8-9-23(20(30)26-21(31)27-23)12-28-11-14-6-7-15(32-2)10-16(14)19(28)29;1-31-14-4-3-13-10-27(18(28)15(13)9-14)11-22(19(29)25-21(30)26-22)7-6-12-2-5-17-16(8-12)24-20(23)32-17;1-29-15-4-3-14-11-25(18(26)17(14)8-15)12-21(19(27)23-20(28)24-21)6-5-13-7-16(30-2)10-22-9-13/h3-6,9-10H,11-12H2,1-2H3,(H,24,25)(H2,26,27,30,31);3-7,10H,11-12H2,1-2H3,(H,24,25)(H2,26,27,30,31);2-5,8-9H,10-11H2,1H3,(H2,23,24)(H2,25,26,29,30);3-4,7-10H,11-12H2,1-2H3,(H2,23,24,27,28)/t2*23-;22-;21-/m1111/s1. The van der Waals surface area contributed by atoms with Gasteiger partial charge in [-0.25, -0.2) is 34.1 Å². The van der Waals surface area contributed by atoms with Crippen LogP contribution in [0.2, 0.25) is 0 Å². The summed E-state index contributed by atoms with van der Waals surface area (Å²) in [7, 11) is 11.2. The fourth-order valence-corrected chi connectivity index (χ4v) is 17.5. The third kappa shape index (κ3) is 17.0. The van der Waals surface area contributed by atoms with Crippen molar-refractivity contribution >= 4 is 151 Å². The number of nitrogens with two attached hydrogens (primary N) is 1. The molecule has 4 atom stereocenters. The Balaban J connectivity index is 0.000000125. The van der Waals surface area contributed by atoms with Crippen LogP contribution < -0.4 is 82.6 Å². The lowest BCUT2D eigenvalue weighted by molar-refractivity contribution is -0.123. The van der Waals surface area contributed by atoms with E-state index in [-0.39, 0.29) is 49.8 Å². The number of amides is 16. The summed E-state index contributed by atoms with van der Waals surface area (Å²) < 4.78 is 28.7. The molecule has 12 heterocycles. The molecule has 644 valence electrons. The summed E-state index contributed by atoms with van der Waals surface area (Å²) >= 11 is 4.30. The van der Waals surface area contributed by atoms with E-state index in [1.54, 1.807) is 93.0 Å². The van der Waals surface area contributed by atoms with E-state index >= 15 is 0 Å². The van der Waals surface area contributed by atoms with Gasteiger partial charge in [0.15, 0.2) is 15.4 Å². The van der Waals surface area contributed by atoms with E-state index in [4.69, 9.17) is 29.4 Å². The number of thiazole rings is 3. The highest BCUT2D eigenvalue weighted by atomic mass is 32.1. The molecule has 16 amide bonds. The first-order valence-electron chi connectivity index (χ1n) is 39.0. The molecule has 39 heteroatoms. The van der Waals surface area contributed by atoms with Gasteiger partial charge in [0.25, 0.3) is 47.3 Å². The number of aromatic nitrogens is 4. The lowest BCUT2D eigenvalue weighted by atomic mass is 9.99. The minimum absolute atomic E-state index is 0.0832. The highest BCUT2D eigenvalue weighted by Crippen LogP contribution is 2.36. The van der Waals surface area contributed by atoms with E-state index in [0.717, 1.165) is 57.7 Å². The molecule has 11 aromatic rings. The summed E-state index contributed by atoms with van der Waals surface area (Å²) in [6, 6.07) is 36.6. The number of pyridine rings is 1. The number of methoxy groups -OCH3 is 5. The van der Waals surface area contributed by atoms with Crippen LogP contribution >= 0.6 is 34.0 Å². The van der Waals surface area contributed by atoms with Crippen molar-refractivity contribution in [3.8, 4) is 76.1 Å². The van der Waals surface area contributed by atoms with Crippen molar-refractivity contribution < 1.29 is 81.2 Å². The second-order valence-corrected chi connectivity index (χ2v) is 32.8. The van der Waals surface area contributed by atoms with Gasteiger partial charge in [-0.05, 0) is 125 Å². The summed E-state index contributed by atoms with van der Waals surface area (Å²) in [4.78, 5) is 174. The molecule has 0 bridgehead atoms. The number of anilines is 3. The maximum Gasteiger partial charge on any atom is 0.323 e. The molecular formula is C89H73N19O17S3. The van der Waals surface area contributed by atoms with Gasteiger partial charge in [0.1, 0.15) is 28.7 Å². The van der Waals surface area contributed by atoms with Crippen molar-refractivity contribution in [2.24, 2.45) is 0 Å². The van der Waals surface area contributed by atoms with Crippen LogP contribution in [0.3, 0.4) is 0 Å². The Bertz CT molecular complexity index is 6880. The van der Waals surface area contributed by atoms with Crippen LogP contribution in [-0.4, -0.2) is 209 Å². The van der Waals surface area contributed by atoms with Crippen LogP contribution in [0.5, 0.6) is 28.7 Å². The molecule has 8 aliphatic rings. The quantitative estimate of drug-likeness (QED) is 0.0412. The molecule has 0 unspecified atom stereocenters. The van der Waals surface area contributed by atoms with E-state index in [1.165, 1.54) is 102 Å². The van der Waals surface area contributed by atoms with E-state index < -0.39 is 69.9 Å². The minimum Gasteiger partial charge on any atom is -0.497 e. The Labute approximate surface area is 739 Å². The van der Waals surface area contributed by atoms with Crippen molar-refractivity contribution in [2.45, 2.75) is 48.3 Å². The molecule has 4 saturated heterocycles. The van der Waals surface area contributed by atoms with Crippen LogP contribution in [-0.2, 0) is 45.4 Å². The number of carbonyl (C=O) groups excluding carboxylic acids is 12. The number of ether oxygens (including phenoxy) is 5. The van der Waals surface area contributed by atoms with Crippen LogP contribution in [0.25, 0.3) is 30.6 Å².